The molecule has 1 aliphatic carbocycles. The van der Waals surface area contributed by atoms with Crippen LogP contribution in [0.25, 0.3) is 16.8 Å². The number of ether oxygens (including phenoxy) is 1. The molecule has 0 spiro atoms. The molecule has 1 fully saturated rings. The molecular formula is C27H29N5O3. The molecular weight excluding hydrogens is 442 g/mol. The molecule has 5 rings (SSSR count). The summed E-state index contributed by atoms with van der Waals surface area (Å²) in [5.74, 6) is -0.456. The number of carboxylic acids is 1. The van der Waals surface area contributed by atoms with Crippen LogP contribution in [0.3, 0.4) is 0 Å². The Bertz CT molecular complexity index is 1370. The molecule has 3 unspecified atom stereocenters. The monoisotopic (exact) mass is 471 g/mol. The van der Waals surface area contributed by atoms with E-state index >= 15 is 0 Å². The van der Waals surface area contributed by atoms with Crippen molar-refractivity contribution in [3.05, 3.63) is 83.4 Å². The van der Waals surface area contributed by atoms with Crippen molar-refractivity contribution in [1.82, 2.24) is 24.8 Å². The van der Waals surface area contributed by atoms with E-state index in [4.69, 9.17) is 4.74 Å². The molecule has 0 amide bonds. The Labute approximate surface area is 204 Å². The van der Waals surface area contributed by atoms with E-state index in [1.54, 1.807) is 16.5 Å². The highest BCUT2D eigenvalue weighted by Crippen LogP contribution is 2.55. The summed E-state index contributed by atoms with van der Waals surface area (Å²) in [6.07, 6.45) is 4.18. The van der Waals surface area contributed by atoms with E-state index in [0.717, 1.165) is 34.5 Å². The highest BCUT2D eigenvalue weighted by Gasteiger charge is 2.46. The van der Waals surface area contributed by atoms with Crippen LogP contribution in [0.1, 0.15) is 65.5 Å². The first-order valence-corrected chi connectivity index (χ1v) is 11.8. The summed E-state index contributed by atoms with van der Waals surface area (Å²) >= 11 is 0. The summed E-state index contributed by atoms with van der Waals surface area (Å²) in [6, 6.07) is 16.4. The van der Waals surface area contributed by atoms with E-state index in [0.29, 0.717) is 11.6 Å². The standard InChI is InChI=1S/C27H29N5O3/c1-16(2)26(35-4)19-9-5-7-17(11-19)18-8-6-10-20(12-18)32-25(23(14-28-32)27(33)34)22-13-21(22)24-15-31(3)30-29-24/h5-12,14-16,21-22,26H,13H2,1-4H3,(H,33,34). The number of hydrogen-bond acceptors (Lipinski definition) is 5. The quantitative estimate of drug-likeness (QED) is 0.389. The van der Waals surface area contributed by atoms with Gasteiger partial charge in [-0.25, -0.2) is 9.48 Å². The summed E-state index contributed by atoms with van der Waals surface area (Å²) in [6.45, 7) is 4.29. The van der Waals surface area contributed by atoms with Crippen molar-refractivity contribution in [3.63, 3.8) is 0 Å². The van der Waals surface area contributed by atoms with Crippen LogP contribution in [0.15, 0.2) is 60.9 Å². The van der Waals surface area contributed by atoms with Gasteiger partial charge in [-0.15, -0.1) is 5.10 Å². The molecule has 0 radical (unpaired) electrons. The third-order valence-corrected chi connectivity index (χ3v) is 6.68. The summed E-state index contributed by atoms with van der Waals surface area (Å²) in [5.41, 5.74) is 5.87. The number of rotatable bonds is 8. The summed E-state index contributed by atoms with van der Waals surface area (Å²) in [5, 5.41) is 22.6. The minimum Gasteiger partial charge on any atom is -0.478 e. The van der Waals surface area contributed by atoms with Gasteiger partial charge < -0.3 is 9.84 Å². The average Bonchev–Trinajstić information content (AvgIpc) is 3.29. The van der Waals surface area contributed by atoms with E-state index in [1.165, 1.54) is 6.20 Å². The smallest absolute Gasteiger partial charge is 0.339 e. The van der Waals surface area contributed by atoms with Gasteiger partial charge in [-0.05, 0) is 47.2 Å². The van der Waals surface area contributed by atoms with Gasteiger partial charge in [0.2, 0.25) is 0 Å². The number of hydrogen-bond donors (Lipinski definition) is 1. The first-order chi connectivity index (χ1) is 16.9. The average molecular weight is 472 g/mol. The molecule has 0 saturated heterocycles. The number of benzene rings is 2. The van der Waals surface area contributed by atoms with E-state index in [-0.39, 0.29) is 23.5 Å². The number of aryl methyl sites for hydroxylation is 1. The normalized spacial score (nSPS) is 18.1. The van der Waals surface area contributed by atoms with Gasteiger partial charge in [-0.1, -0.05) is 49.4 Å². The van der Waals surface area contributed by atoms with Gasteiger partial charge in [0.25, 0.3) is 0 Å². The molecule has 0 bridgehead atoms. The maximum Gasteiger partial charge on any atom is 0.339 e. The molecule has 4 aromatic rings. The van der Waals surface area contributed by atoms with Crippen LogP contribution in [0, 0.1) is 5.92 Å². The largest absolute Gasteiger partial charge is 0.478 e. The molecule has 1 aliphatic rings. The van der Waals surface area contributed by atoms with Gasteiger partial charge in [0.15, 0.2) is 0 Å². The minimum absolute atomic E-state index is 0.0156. The van der Waals surface area contributed by atoms with Crippen molar-refractivity contribution in [2.45, 2.75) is 38.2 Å². The van der Waals surface area contributed by atoms with Gasteiger partial charge in [-0.2, -0.15) is 5.10 Å². The molecule has 1 N–H and O–H groups in total. The van der Waals surface area contributed by atoms with Crippen LogP contribution < -0.4 is 0 Å². The molecule has 2 aromatic heterocycles. The number of aromatic carboxylic acids is 1. The molecule has 2 heterocycles. The van der Waals surface area contributed by atoms with Gasteiger partial charge in [0.05, 0.1) is 29.4 Å². The fourth-order valence-electron chi connectivity index (χ4n) is 4.95. The number of carboxylic acid groups (broad SMARTS) is 1. The van der Waals surface area contributed by atoms with Gasteiger partial charge in [0.1, 0.15) is 5.56 Å². The Morgan fingerprint density at radius 3 is 2.51 bits per heavy atom. The summed E-state index contributed by atoms with van der Waals surface area (Å²) in [4.78, 5) is 12.0. The molecule has 180 valence electrons. The Balaban J connectivity index is 1.52. The third kappa shape index (κ3) is 4.37. The number of aromatic nitrogens is 5. The number of methoxy groups -OCH3 is 1. The lowest BCUT2D eigenvalue weighted by atomic mass is 9.95. The lowest BCUT2D eigenvalue weighted by Crippen LogP contribution is -2.08. The van der Waals surface area contributed by atoms with Crippen LogP contribution in [-0.2, 0) is 11.8 Å². The van der Waals surface area contributed by atoms with Crippen molar-refractivity contribution >= 4 is 5.97 Å². The highest BCUT2D eigenvalue weighted by molar-refractivity contribution is 5.89. The maximum atomic E-state index is 12.0. The zero-order chi connectivity index (χ0) is 24.7. The van der Waals surface area contributed by atoms with Crippen LogP contribution in [0.5, 0.6) is 0 Å². The molecule has 8 heteroatoms. The van der Waals surface area contributed by atoms with E-state index in [2.05, 4.69) is 59.6 Å². The Morgan fingerprint density at radius 1 is 1.11 bits per heavy atom. The lowest BCUT2D eigenvalue weighted by molar-refractivity contribution is 0.0647. The Morgan fingerprint density at radius 2 is 1.86 bits per heavy atom. The van der Waals surface area contributed by atoms with Crippen LogP contribution >= 0.6 is 0 Å². The predicted molar refractivity (Wildman–Crippen MR) is 132 cm³/mol. The fraction of sp³-hybridized carbons (Fsp3) is 0.333. The first-order valence-electron chi connectivity index (χ1n) is 11.8. The van der Waals surface area contributed by atoms with E-state index < -0.39 is 5.97 Å². The van der Waals surface area contributed by atoms with Crippen molar-refractivity contribution in [2.24, 2.45) is 13.0 Å². The summed E-state index contributed by atoms with van der Waals surface area (Å²) < 4.78 is 9.16. The van der Waals surface area contributed by atoms with Crippen LogP contribution in [0.2, 0.25) is 0 Å². The van der Waals surface area contributed by atoms with Crippen molar-refractivity contribution in [2.75, 3.05) is 7.11 Å². The Hall–Kier alpha value is -3.78. The molecule has 8 nitrogen and oxygen atoms in total. The molecule has 0 aliphatic heterocycles. The van der Waals surface area contributed by atoms with Crippen LogP contribution in [0.4, 0.5) is 0 Å². The van der Waals surface area contributed by atoms with Crippen molar-refractivity contribution in [3.8, 4) is 16.8 Å². The van der Waals surface area contributed by atoms with E-state index in [9.17, 15) is 9.90 Å². The number of nitrogens with zero attached hydrogens (tertiary/aromatic N) is 5. The van der Waals surface area contributed by atoms with Crippen LogP contribution in [-0.4, -0.2) is 43.0 Å². The minimum atomic E-state index is -0.973. The molecule has 2 aromatic carbocycles. The highest BCUT2D eigenvalue weighted by atomic mass is 16.5. The second kappa shape index (κ2) is 9.11. The molecule has 1 saturated carbocycles. The van der Waals surface area contributed by atoms with Gasteiger partial charge >= 0.3 is 5.97 Å². The zero-order valence-corrected chi connectivity index (χ0v) is 20.3. The maximum absolute atomic E-state index is 12.0. The topological polar surface area (TPSA) is 95.1 Å². The third-order valence-electron chi connectivity index (χ3n) is 6.68. The first kappa shape index (κ1) is 23.0. The summed E-state index contributed by atoms with van der Waals surface area (Å²) in [7, 11) is 3.57. The Kier molecular flexibility index (Phi) is 5.98. The fourth-order valence-corrected chi connectivity index (χ4v) is 4.95. The number of carbonyl (C=O) groups is 1. The molecule has 3 atom stereocenters. The SMILES string of the molecule is COC(c1cccc(-c2cccc(-n3ncc(C(=O)O)c3C3CC3c3cn(C)nn3)c2)c1)C(C)C. The zero-order valence-electron chi connectivity index (χ0n) is 20.3. The van der Waals surface area contributed by atoms with Gasteiger partial charge in [0, 0.05) is 32.2 Å². The molecule has 35 heavy (non-hydrogen) atoms. The second-order valence-corrected chi connectivity index (χ2v) is 9.50. The predicted octanol–water partition coefficient (Wildman–Crippen LogP) is 4.98. The van der Waals surface area contributed by atoms with Crippen molar-refractivity contribution < 1.29 is 14.6 Å². The van der Waals surface area contributed by atoms with Gasteiger partial charge in [-0.3, -0.25) is 4.68 Å². The van der Waals surface area contributed by atoms with E-state index in [1.807, 2.05) is 31.4 Å². The second-order valence-electron chi connectivity index (χ2n) is 9.50. The lowest BCUT2D eigenvalue weighted by Gasteiger charge is -2.20. The van der Waals surface area contributed by atoms with Crippen molar-refractivity contribution in [1.29, 1.82) is 0 Å².